The average Bonchev–Trinajstić information content (AvgIpc) is 3.05. The Bertz CT molecular complexity index is 898. The van der Waals surface area contributed by atoms with Crippen LogP contribution >= 0.6 is 35.9 Å². The summed E-state index contributed by atoms with van der Waals surface area (Å²) in [6, 6.07) is 4.33. The van der Waals surface area contributed by atoms with Gasteiger partial charge in [-0.15, -0.1) is 0 Å². The maximum Gasteiger partial charge on any atom is 0.362 e. The van der Waals surface area contributed by atoms with E-state index in [9.17, 15) is 26.3 Å². The van der Waals surface area contributed by atoms with Crippen LogP contribution in [0, 0.1) is 0 Å². The fourth-order valence-electron chi connectivity index (χ4n) is 6.40. The molecular formula is C32H51F6NO2S3. The largest absolute Gasteiger partial charge is 0.419 e. The van der Waals surface area contributed by atoms with E-state index in [1.54, 1.807) is 0 Å². The minimum Gasteiger partial charge on any atom is -0.419 e. The van der Waals surface area contributed by atoms with Crippen molar-refractivity contribution in [3.05, 3.63) is 28.8 Å². The minimum atomic E-state index is -4.22. The molecule has 3 saturated carbocycles. The van der Waals surface area contributed by atoms with Crippen molar-refractivity contribution in [1.82, 2.24) is 4.13 Å². The van der Waals surface area contributed by atoms with Crippen LogP contribution in [0.3, 0.4) is 0 Å². The molecule has 0 bridgehead atoms. The maximum absolute atomic E-state index is 15.0. The van der Waals surface area contributed by atoms with Crippen LogP contribution in [0.15, 0.2) is 12.1 Å². The van der Waals surface area contributed by atoms with Crippen LogP contribution in [0.2, 0.25) is 0 Å². The van der Waals surface area contributed by atoms with E-state index in [1.807, 2.05) is 18.0 Å². The van der Waals surface area contributed by atoms with Gasteiger partial charge in [0.1, 0.15) is 17.8 Å². The van der Waals surface area contributed by atoms with Crippen LogP contribution in [-0.4, -0.2) is 34.4 Å². The van der Waals surface area contributed by atoms with Crippen LogP contribution in [0.1, 0.15) is 152 Å². The van der Waals surface area contributed by atoms with E-state index >= 15 is 0 Å². The maximum atomic E-state index is 15.0. The summed E-state index contributed by atoms with van der Waals surface area (Å²) in [5.41, 5.74) is 0.392. The van der Waals surface area contributed by atoms with Gasteiger partial charge < -0.3 is 9.29 Å². The molecule has 0 spiro atoms. The summed E-state index contributed by atoms with van der Waals surface area (Å²) in [5, 5.41) is -0.475. The van der Waals surface area contributed by atoms with Gasteiger partial charge in [0.2, 0.25) is 6.17 Å². The highest BCUT2D eigenvalue weighted by atomic mass is 32.2. The molecule has 0 aliphatic heterocycles. The molecule has 0 amide bonds. The lowest BCUT2D eigenvalue weighted by Gasteiger charge is -2.32. The second-order valence-electron chi connectivity index (χ2n) is 11.6. The van der Waals surface area contributed by atoms with Crippen molar-refractivity contribution in [2.75, 3.05) is 7.11 Å². The Morgan fingerprint density at radius 1 is 0.750 bits per heavy atom. The highest BCUT2D eigenvalue weighted by Crippen LogP contribution is 2.50. The highest BCUT2D eigenvalue weighted by Gasteiger charge is 2.49. The van der Waals surface area contributed by atoms with E-state index in [2.05, 4.69) is 12.1 Å². The number of halogens is 6. The number of aliphatic hydroxyl groups is 1. The van der Waals surface area contributed by atoms with E-state index in [1.165, 1.54) is 24.8 Å². The topological polar surface area (TPSA) is 41.5 Å². The Morgan fingerprint density at radius 3 is 1.57 bits per heavy atom. The predicted molar refractivity (Wildman–Crippen MR) is 175 cm³/mol. The molecule has 2 N–H and O–H groups in total. The summed E-state index contributed by atoms with van der Waals surface area (Å²) in [5.74, 6) is 1.23. The number of hydrogen-bond acceptors (Lipinski definition) is 6. The van der Waals surface area contributed by atoms with Gasteiger partial charge in [-0.1, -0.05) is 83.8 Å². The van der Waals surface area contributed by atoms with E-state index in [4.69, 9.17) is 9.29 Å². The molecule has 2 atom stereocenters. The zero-order chi connectivity index (χ0) is 32.8. The average molecular weight is 692 g/mol. The van der Waals surface area contributed by atoms with Crippen molar-refractivity contribution in [1.29, 1.82) is 0 Å². The smallest absolute Gasteiger partial charge is 0.362 e. The highest BCUT2D eigenvalue weighted by molar-refractivity contribution is 8.13. The van der Waals surface area contributed by atoms with Gasteiger partial charge in [-0.2, -0.15) is 17.6 Å². The third-order valence-electron chi connectivity index (χ3n) is 8.50. The third kappa shape index (κ3) is 12.3. The van der Waals surface area contributed by atoms with Crippen molar-refractivity contribution in [3.8, 4) is 5.75 Å². The molecule has 0 heterocycles. The number of alkyl halides is 6. The molecular weight excluding hydrogens is 641 g/mol. The molecule has 44 heavy (non-hydrogen) atoms. The van der Waals surface area contributed by atoms with Crippen LogP contribution in [0.5, 0.6) is 5.75 Å². The Balaban J connectivity index is 0.00000162. The van der Waals surface area contributed by atoms with Crippen LogP contribution in [0.25, 0.3) is 0 Å². The second kappa shape index (κ2) is 20.1. The molecule has 256 valence electrons. The molecule has 3 nitrogen and oxygen atoms in total. The zero-order valence-corrected chi connectivity index (χ0v) is 28.9. The summed E-state index contributed by atoms with van der Waals surface area (Å²) >= 11 is -0.629. The molecule has 0 radical (unpaired) electrons. The fraction of sp³-hybridized carbons (Fsp3) is 0.812. The van der Waals surface area contributed by atoms with Gasteiger partial charge in [-0.05, 0) is 84.9 Å². The van der Waals surface area contributed by atoms with Gasteiger partial charge in [-0.3, -0.25) is 0 Å². The molecule has 1 aromatic carbocycles. The quantitative estimate of drug-likeness (QED) is 0.129. The Kier molecular flexibility index (Phi) is 18.1. The third-order valence-corrected chi connectivity index (χ3v) is 10.7. The van der Waals surface area contributed by atoms with Crippen LogP contribution in [0.4, 0.5) is 26.3 Å². The first-order valence-corrected chi connectivity index (χ1v) is 18.6. The van der Waals surface area contributed by atoms with E-state index in [0.29, 0.717) is 18.6 Å². The first kappa shape index (κ1) is 39.7. The minimum absolute atomic E-state index is 0.128. The van der Waals surface area contributed by atoms with E-state index in [-0.39, 0.29) is 47.8 Å². The first-order valence-electron chi connectivity index (χ1n) is 16.2. The predicted octanol–water partition coefficient (Wildman–Crippen LogP) is 12.2. The SMILES string of the molecule is CC.CC(F)(F)SNSC(F)C(F)C(F)(F)SOc1c(C2CCCCC2)cc(C2CCCCC2)cc1C1CCCCC1.CO. The number of aliphatic hydroxyl groups excluding tert-OH is 1. The summed E-state index contributed by atoms with van der Waals surface area (Å²) < 4.78 is 92.4. The summed E-state index contributed by atoms with van der Waals surface area (Å²) in [4.78, 5) is 0. The fourth-order valence-corrected chi connectivity index (χ4v) is 8.52. The van der Waals surface area contributed by atoms with Gasteiger partial charge in [0.05, 0.1) is 0 Å². The zero-order valence-electron chi connectivity index (χ0n) is 26.5. The normalized spacial score (nSPS) is 20.5. The van der Waals surface area contributed by atoms with Crippen molar-refractivity contribution >= 4 is 35.9 Å². The lowest BCUT2D eigenvalue weighted by Crippen LogP contribution is -2.35. The number of hydrogen-bond donors (Lipinski definition) is 2. The van der Waals surface area contributed by atoms with Gasteiger partial charge in [0, 0.05) is 26.0 Å². The molecule has 0 saturated heterocycles. The molecule has 3 aliphatic carbocycles. The molecule has 1 aromatic rings. The van der Waals surface area contributed by atoms with E-state index < -0.39 is 22.2 Å². The van der Waals surface area contributed by atoms with Crippen molar-refractivity contribution in [2.45, 2.75) is 157 Å². The molecule has 3 fully saturated rings. The van der Waals surface area contributed by atoms with Gasteiger partial charge in [-0.25, -0.2) is 12.9 Å². The lowest BCUT2D eigenvalue weighted by molar-refractivity contribution is -0.00789. The number of rotatable bonds is 12. The summed E-state index contributed by atoms with van der Waals surface area (Å²) in [6.07, 6.45) is 13.0. The molecule has 0 aromatic heterocycles. The van der Waals surface area contributed by atoms with Crippen LogP contribution in [-0.2, 0) is 0 Å². The van der Waals surface area contributed by atoms with Gasteiger partial charge in [0.25, 0.3) is 0 Å². The van der Waals surface area contributed by atoms with Gasteiger partial charge >= 0.3 is 10.5 Å². The van der Waals surface area contributed by atoms with Gasteiger partial charge in [0.15, 0.2) is 5.50 Å². The van der Waals surface area contributed by atoms with Crippen LogP contribution < -0.4 is 8.31 Å². The van der Waals surface area contributed by atoms with Crippen molar-refractivity contribution in [3.63, 3.8) is 0 Å². The first-order chi connectivity index (χ1) is 21.0. The molecule has 4 rings (SSSR count). The van der Waals surface area contributed by atoms with E-state index in [0.717, 1.165) is 95.3 Å². The molecule has 2 unspecified atom stereocenters. The number of nitrogens with one attached hydrogen (secondary N) is 1. The van der Waals surface area contributed by atoms with Crippen molar-refractivity contribution < 1.29 is 35.6 Å². The summed E-state index contributed by atoms with van der Waals surface area (Å²) in [6.45, 7) is 4.57. The van der Waals surface area contributed by atoms with Crippen molar-refractivity contribution in [2.24, 2.45) is 0 Å². The number of benzene rings is 1. The molecule has 3 aliphatic rings. The summed E-state index contributed by atoms with van der Waals surface area (Å²) in [7, 11) is 1.00. The Labute approximate surface area is 273 Å². The standard InChI is InChI=1S/C29H41F6NOS3.C2H6.CH4O/c1-28(32,33)39-36-38-27(31)26(30)29(34,35)40-37-25-23(20-13-7-3-8-14-20)17-22(19-11-5-2-6-12-19)18-24(25)21-15-9-4-10-16-21;2*1-2/h17-21,26-27,36H,2-16H2,1H3;1-2H3;2H,1H3. The lowest BCUT2D eigenvalue weighted by atomic mass is 9.75. The Morgan fingerprint density at radius 2 is 1.16 bits per heavy atom. The Hall–Kier alpha value is -0.430. The molecule has 12 heteroatoms. The second-order valence-corrected chi connectivity index (χ2v) is 14.8. The monoisotopic (exact) mass is 691 g/mol.